The third-order valence-corrected chi connectivity index (χ3v) is 11.9. The van der Waals surface area contributed by atoms with E-state index < -0.39 is 18.8 Å². The van der Waals surface area contributed by atoms with Crippen molar-refractivity contribution in [2.75, 3.05) is 31.1 Å². The Kier molecular flexibility index (Phi) is 12.8. The van der Waals surface area contributed by atoms with E-state index in [-0.39, 0.29) is 16.4 Å². The maximum atomic E-state index is 15.9. The van der Waals surface area contributed by atoms with Crippen molar-refractivity contribution in [3.8, 4) is 5.75 Å². The van der Waals surface area contributed by atoms with E-state index in [9.17, 15) is 9.59 Å². The van der Waals surface area contributed by atoms with Crippen molar-refractivity contribution in [2.45, 2.75) is 115 Å². The Morgan fingerprint density at radius 3 is 1.89 bits per heavy atom. The van der Waals surface area contributed by atoms with Gasteiger partial charge < -0.3 is 27.2 Å². The van der Waals surface area contributed by atoms with Crippen LogP contribution in [0.5, 0.6) is 5.75 Å². The maximum Gasteiger partial charge on any atom is 0.737 e. The Balaban J connectivity index is 0.000000212. The molecule has 12 heteroatoms. The van der Waals surface area contributed by atoms with Crippen molar-refractivity contribution in [3.05, 3.63) is 80.5 Å². The van der Waals surface area contributed by atoms with Crippen LogP contribution in [0.15, 0.2) is 52.5 Å². The van der Waals surface area contributed by atoms with Gasteiger partial charge in [0.25, 0.3) is 11.8 Å². The van der Waals surface area contributed by atoms with Gasteiger partial charge in [-0.25, -0.2) is 0 Å². The Morgan fingerprint density at radius 2 is 1.40 bits per heavy atom. The van der Waals surface area contributed by atoms with E-state index in [1.165, 1.54) is 18.8 Å². The van der Waals surface area contributed by atoms with Crippen LogP contribution in [0.2, 0.25) is 0 Å². The fourth-order valence-electron chi connectivity index (χ4n) is 8.77. The highest BCUT2D eigenvalue weighted by atomic mass is 32.1. The van der Waals surface area contributed by atoms with Gasteiger partial charge in [-0.3, -0.25) is 19.4 Å². The molecule has 0 N–H and O–H groups in total. The molecule has 0 atom stereocenters. The third kappa shape index (κ3) is 6.82. The van der Waals surface area contributed by atoms with E-state index in [2.05, 4.69) is 59.4 Å². The van der Waals surface area contributed by atoms with E-state index in [1.54, 1.807) is 12.3 Å². The fourth-order valence-corrected chi connectivity index (χ4v) is 9.19. The van der Waals surface area contributed by atoms with Crippen LogP contribution in [0.1, 0.15) is 124 Å². The number of likely N-dealkylation sites (N-methyl/N-ethyl adjacent to an activating group) is 2. The summed E-state index contributed by atoms with van der Waals surface area (Å²) in [5.74, 6) is 0.113. The van der Waals surface area contributed by atoms with Crippen molar-refractivity contribution in [1.29, 1.82) is 0 Å². The number of halogens is 2. The van der Waals surface area contributed by atoms with Crippen LogP contribution in [-0.4, -0.2) is 75.1 Å². The molecule has 4 aliphatic rings. The number of thiocarbonyl (C=S) groups is 1. The van der Waals surface area contributed by atoms with Gasteiger partial charge in [0.1, 0.15) is 23.3 Å². The van der Waals surface area contributed by atoms with Gasteiger partial charge in [-0.15, -0.1) is 0 Å². The standard InChI is InChI=1S/C22H27N3O3S.C21H31BF2N2/c1-6-23(7-2)15-10-11-16-14(5)12-18(28-17(16)13-15)19-20(26)24(8-3)22(29)25(9-4)21(19)27;1-7-14-13-25-20(15(14)8-2)18(11-5)21-17(10-4)16(9-3)19(12-6)26(21)22(25,23)24/h10-13H,6-9H2,1-5H3;13H,7-12H2,1-6H3. The predicted molar refractivity (Wildman–Crippen MR) is 226 cm³/mol. The summed E-state index contributed by atoms with van der Waals surface area (Å²) in [4.78, 5) is 31.2. The molecule has 2 amide bonds. The summed E-state index contributed by atoms with van der Waals surface area (Å²) < 4.78 is 40.6. The van der Waals surface area contributed by atoms with Crippen LogP contribution in [0.3, 0.4) is 0 Å². The van der Waals surface area contributed by atoms with Crippen molar-refractivity contribution < 1.29 is 27.4 Å². The van der Waals surface area contributed by atoms with E-state index in [0.717, 1.165) is 107 Å². The van der Waals surface area contributed by atoms with Crippen molar-refractivity contribution in [3.63, 3.8) is 0 Å². The monoisotopic (exact) mass is 773 g/mol. The SMILES string of the molecule is CCC1=C(CC)C2=C(CC)c3c(CC)c(CC)c(CC)n3[B-](F)(F)[N+]2=C1.CCN1C(=O)C(=C2C=C(C)c3ccc(N(CC)CC)cc3O2)C(=O)N(CC)C1=S. The minimum absolute atomic E-state index is 0.0283. The summed E-state index contributed by atoms with van der Waals surface area (Å²) in [6.07, 6.45) is 8.11. The number of ether oxygens (including phenoxy) is 1. The first-order valence-electron chi connectivity index (χ1n) is 20.3. The summed E-state index contributed by atoms with van der Waals surface area (Å²) in [7, 11) is 0. The molecule has 1 aromatic carbocycles. The smallest absolute Gasteiger partial charge is 0.456 e. The molecule has 1 fully saturated rings. The highest BCUT2D eigenvalue weighted by molar-refractivity contribution is 7.80. The molecule has 296 valence electrons. The maximum absolute atomic E-state index is 15.9. The Bertz CT molecular complexity index is 2040. The first kappa shape index (κ1) is 41.8. The molecule has 0 bridgehead atoms. The minimum Gasteiger partial charge on any atom is -0.456 e. The molecule has 2 aromatic rings. The van der Waals surface area contributed by atoms with Gasteiger partial charge in [0.2, 0.25) is 0 Å². The number of fused-ring (bicyclic) bond motifs is 3. The highest BCUT2D eigenvalue weighted by Gasteiger charge is 2.55. The lowest BCUT2D eigenvalue weighted by Crippen LogP contribution is -2.56. The van der Waals surface area contributed by atoms with Gasteiger partial charge in [-0.05, 0) is 126 Å². The largest absolute Gasteiger partial charge is 0.737 e. The number of rotatable bonds is 11. The molecule has 4 aliphatic heterocycles. The van der Waals surface area contributed by atoms with Crippen LogP contribution in [0.25, 0.3) is 11.1 Å². The number of anilines is 1. The zero-order valence-corrected chi connectivity index (χ0v) is 35.5. The summed E-state index contributed by atoms with van der Waals surface area (Å²) >= 11 is 5.34. The molecule has 1 aromatic heterocycles. The number of amides is 2. The molecule has 0 radical (unpaired) electrons. The summed E-state index contributed by atoms with van der Waals surface area (Å²) in [6.45, 7) is 20.9. The Labute approximate surface area is 331 Å². The second-order valence-corrected chi connectivity index (χ2v) is 14.5. The topological polar surface area (TPSA) is 61.0 Å². The molecule has 5 heterocycles. The number of carbonyl (C=O) groups is 2. The Hall–Kier alpha value is -4.32. The number of benzene rings is 1. The summed E-state index contributed by atoms with van der Waals surface area (Å²) in [5, 5.41) is 0.245. The molecule has 8 nitrogen and oxygen atoms in total. The van der Waals surface area contributed by atoms with Crippen LogP contribution in [0.4, 0.5) is 14.3 Å². The van der Waals surface area contributed by atoms with Crippen LogP contribution in [0, 0.1) is 0 Å². The number of hydrogen-bond acceptors (Lipinski definition) is 5. The second kappa shape index (κ2) is 16.8. The summed E-state index contributed by atoms with van der Waals surface area (Å²) in [5.41, 5.74) is 10.9. The van der Waals surface area contributed by atoms with Crippen molar-refractivity contribution in [2.24, 2.45) is 0 Å². The van der Waals surface area contributed by atoms with Crippen LogP contribution >= 0.6 is 12.2 Å². The lowest BCUT2D eigenvalue weighted by molar-refractivity contribution is -0.358. The van der Waals surface area contributed by atoms with E-state index >= 15 is 8.63 Å². The van der Waals surface area contributed by atoms with Gasteiger partial charge in [0.15, 0.2) is 10.8 Å². The lowest BCUT2D eigenvalue weighted by Gasteiger charge is -2.36. The first-order valence-corrected chi connectivity index (χ1v) is 20.7. The number of nitrogens with zero attached hydrogens (tertiary/aromatic N) is 5. The molecule has 6 rings (SSSR count). The van der Waals surface area contributed by atoms with E-state index in [4.69, 9.17) is 17.0 Å². The average molecular weight is 774 g/mol. The molecule has 0 aliphatic carbocycles. The van der Waals surface area contributed by atoms with Gasteiger partial charge in [0.05, 0.1) is 0 Å². The molecular weight excluding hydrogens is 715 g/mol. The van der Waals surface area contributed by atoms with Crippen molar-refractivity contribution >= 4 is 59.2 Å². The number of allylic oxidation sites excluding steroid dienone is 5. The lowest BCUT2D eigenvalue weighted by atomic mass is 9.84. The quantitative estimate of drug-likeness (QED) is 0.0987. The first-order chi connectivity index (χ1) is 26.3. The van der Waals surface area contributed by atoms with E-state index in [1.807, 2.05) is 39.8 Å². The second-order valence-electron chi connectivity index (χ2n) is 14.1. The van der Waals surface area contributed by atoms with Gasteiger partial charge in [-0.2, -0.15) is 0 Å². The third-order valence-electron chi connectivity index (χ3n) is 11.4. The average Bonchev–Trinajstić information content (AvgIpc) is 3.73. The van der Waals surface area contributed by atoms with Gasteiger partial charge in [0, 0.05) is 65.9 Å². The fraction of sp³-hybridized carbons (Fsp3) is 0.488. The van der Waals surface area contributed by atoms with Gasteiger partial charge >= 0.3 is 6.97 Å². The predicted octanol–water partition coefficient (Wildman–Crippen LogP) is 9.32. The number of aromatic nitrogens is 1. The number of carbonyl (C=O) groups excluding carboxylic acids is 2. The molecule has 1 saturated heterocycles. The molecule has 0 spiro atoms. The zero-order chi connectivity index (χ0) is 40.5. The number of hydrogen-bond donors (Lipinski definition) is 0. The molecule has 0 saturated carbocycles. The van der Waals surface area contributed by atoms with Crippen LogP contribution in [-0.2, 0) is 28.9 Å². The minimum atomic E-state index is -3.85. The normalized spacial score (nSPS) is 17.5. The van der Waals surface area contributed by atoms with Gasteiger partial charge in [-0.1, -0.05) is 41.5 Å². The molecule has 0 unspecified atom stereocenters. The molecule has 55 heavy (non-hydrogen) atoms. The van der Waals surface area contributed by atoms with E-state index in [0.29, 0.717) is 25.3 Å². The Morgan fingerprint density at radius 1 is 0.800 bits per heavy atom. The van der Waals surface area contributed by atoms with Crippen molar-refractivity contribution in [1.82, 2.24) is 14.3 Å². The molecular formula is C43H58BF2N5O3S. The summed E-state index contributed by atoms with van der Waals surface area (Å²) in [6, 6.07) is 6.06. The highest BCUT2D eigenvalue weighted by Crippen LogP contribution is 2.46. The van der Waals surface area contributed by atoms with Crippen LogP contribution < -0.4 is 9.64 Å². The zero-order valence-electron chi connectivity index (χ0n) is 34.7.